The summed E-state index contributed by atoms with van der Waals surface area (Å²) in [5, 5.41) is 7.89. The molecule has 0 spiro atoms. The quantitative estimate of drug-likeness (QED) is 0.449. The Morgan fingerprint density at radius 3 is 2.24 bits per heavy atom. The van der Waals surface area contributed by atoms with Gasteiger partial charge in [-0.25, -0.2) is 0 Å². The number of aromatic nitrogens is 1. The Bertz CT molecular complexity index is 1050. The van der Waals surface area contributed by atoms with Crippen LogP contribution in [0.4, 0.5) is 5.69 Å². The second-order valence-corrected chi connectivity index (χ2v) is 5.93. The number of carbonyl (C=O) groups is 3. The van der Waals surface area contributed by atoms with Gasteiger partial charge in [0.25, 0.3) is 23.3 Å². The number of hydrogen-bond acceptors (Lipinski definition) is 5. The summed E-state index contributed by atoms with van der Waals surface area (Å²) in [5.74, 6) is -1.03. The number of nitrogens with one attached hydrogen (secondary N) is 4. The molecule has 0 aliphatic carbocycles. The lowest BCUT2D eigenvalue weighted by molar-refractivity contribution is 0.0910. The molecule has 3 rings (SSSR count). The fraction of sp³-hybridized carbons (Fsp3) is 0.100. The van der Waals surface area contributed by atoms with E-state index in [1.807, 2.05) is 0 Å². The molecule has 0 unspecified atom stereocenters. The molecule has 29 heavy (non-hydrogen) atoms. The van der Waals surface area contributed by atoms with Gasteiger partial charge < -0.3 is 25.4 Å². The zero-order valence-corrected chi connectivity index (χ0v) is 15.2. The molecule has 0 atom stereocenters. The number of rotatable bonds is 7. The van der Waals surface area contributed by atoms with Crippen molar-refractivity contribution in [2.24, 2.45) is 0 Å². The lowest BCUT2D eigenvalue weighted by atomic mass is 10.2. The molecule has 2 aromatic heterocycles. The maximum absolute atomic E-state index is 12.1. The van der Waals surface area contributed by atoms with Crippen molar-refractivity contribution in [2.45, 2.75) is 0 Å². The summed E-state index contributed by atoms with van der Waals surface area (Å²) in [6, 6.07) is 12.3. The maximum Gasteiger partial charge on any atom is 0.287 e. The molecule has 0 fully saturated rings. The number of benzene rings is 1. The van der Waals surface area contributed by atoms with Crippen LogP contribution in [-0.4, -0.2) is 35.8 Å². The molecule has 0 radical (unpaired) electrons. The van der Waals surface area contributed by atoms with Crippen LogP contribution in [0.1, 0.15) is 31.3 Å². The molecular formula is C20H18N4O5. The second kappa shape index (κ2) is 9.18. The van der Waals surface area contributed by atoms with E-state index in [1.165, 1.54) is 18.5 Å². The van der Waals surface area contributed by atoms with Crippen LogP contribution in [0.5, 0.6) is 0 Å². The zero-order valence-electron chi connectivity index (χ0n) is 15.2. The third-order valence-corrected chi connectivity index (χ3v) is 3.91. The van der Waals surface area contributed by atoms with Crippen molar-refractivity contribution in [3.05, 3.63) is 88.2 Å². The van der Waals surface area contributed by atoms with Gasteiger partial charge in [0.05, 0.1) is 6.26 Å². The van der Waals surface area contributed by atoms with E-state index in [4.69, 9.17) is 4.42 Å². The molecule has 148 valence electrons. The van der Waals surface area contributed by atoms with Crippen molar-refractivity contribution >= 4 is 23.4 Å². The molecule has 0 aliphatic heterocycles. The Hall–Kier alpha value is -4.14. The van der Waals surface area contributed by atoms with Crippen LogP contribution >= 0.6 is 0 Å². The number of pyridine rings is 1. The summed E-state index contributed by atoms with van der Waals surface area (Å²) < 4.78 is 4.97. The summed E-state index contributed by atoms with van der Waals surface area (Å²) in [6.45, 7) is 0.478. The van der Waals surface area contributed by atoms with Gasteiger partial charge in [-0.05, 0) is 48.5 Å². The molecule has 3 amide bonds. The number of furan rings is 1. The molecule has 2 heterocycles. The average molecular weight is 394 g/mol. The molecule has 0 saturated heterocycles. The van der Waals surface area contributed by atoms with E-state index < -0.39 is 11.5 Å². The Labute approximate surface area is 165 Å². The minimum absolute atomic E-state index is 0.00841. The minimum Gasteiger partial charge on any atom is -0.459 e. The lowest BCUT2D eigenvalue weighted by Crippen LogP contribution is -2.34. The number of aromatic amines is 1. The smallest absolute Gasteiger partial charge is 0.287 e. The summed E-state index contributed by atoms with van der Waals surface area (Å²) in [5.41, 5.74) is 0.337. The van der Waals surface area contributed by atoms with Crippen molar-refractivity contribution in [1.29, 1.82) is 0 Å². The standard InChI is InChI=1S/C20H18N4O5/c25-17(22-10-11-23-20(28)16-4-2-12-29-16)13-5-7-14(8-6-13)24-19(27)15-3-1-9-21-18(15)26/h1-9,12H,10-11H2,(H,21,26)(H,22,25)(H,23,28)(H,24,27). The van der Waals surface area contributed by atoms with Crippen LogP contribution in [0.15, 0.2) is 70.2 Å². The van der Waals surface area contributed by atoms with Gasteiger partial charge in [-0.15, -0.1) is 0 Å². The summed E-state index contributed by atoms with van der Waals surface area (Å²) in [4.78, 5) is 50.0. The largest absolute Gasteiger partial charge is 0.459 e. The number of hydrogen-bond donors (Lipinski definition) is 4. The van der Waals surface area contributed by atoms with E-state index in [9.17, 15) is 19.2 Å². The lowest BCUT2D eigenvalue weighted by Gasteiger charge is -2.08. The van der Waals surface area contributed by atoms with Gasteiger partial charge in [0.15, 0.2) is 5.76 Å². The van der Waals surface area contributed by atoms with E-state index in [2.05, 4.69) is 20.9 Å². The molecular weight excluding hydrogens is 376 g/mol. The molecule has 4 N–H and O–H groups in total. The van der Waals surface area contributed by atoms with Crippen LogP contribution in [0.2, 0.25) is 0 Å². The summed E-state index contributed by atoms with van der Waals surface area (Å²) in [6.07, 6.45) is 2.84. The highest BCUT2D eigenvalue weighted by Gasteiger charge is 2.11. The van der Waals surface area contributed by atoms with E-state index in [0.29, 0.717) is 11.3 Å². The second-order valence-electron chi connectivity index (χ2n) is 5.93. The van der Waals surface area contributed by atoms with Crippen molar-refractivity contribution < 1.29 is 18.8 Å². The number of anilines is 1. The van der Waals surface area contributed by atoms with Gasteiger partial charge in [-0.1, -0.05) is 0 Å². The van der Waals surface area contributed by atoms with Gasteiger partial charge in [-0.3, -0.25) is 19.2 Å². The molecule has 0 aliphatic rings. The molecule has 3 aromatic rings. The summed E-state index contributed by atoms with van der Waals surface area (Å²) >= 11 is 0. The van der Waals surface area contributed by atoms with Crippen molar-refractivity contribution in [3.8, 4) is 0 Å². The number of amides is 3. The SMILES string of the molecule is O=C(NCCNC(=O)c1ccco1)c1ccc(NC(=O)c2ccc[nH]c2=O)cc1. The van der Waals surface area contributed by atoms with E-state index in [-0.39, 0.29) is 36.2 Å². The predicted molar refractivity (Wildman–Crippen MR) is 105 cm³/mol. The highest BCUT2D eigenvalue weighted by Crippen LogP contribution is 2.10. The molecule has 9 nitrogen and oxygen atoms in total. The highest BCUT2D eigenvalue weighted by molar-refractivity contribution is 6.04. The Morgan fingerprint density at radius 1 is 0.862 bits per heavy atom. The molecule has 0 saturated carbocycles. The van der Waals surface area contributed by atoms with Crippen molar-refractivity contribution in [3.63, 3.8) is 0 Å². The molecule has 1 aromatic carbocycles. The normalized spacial score (nSPS) is 10.2. The fourth-order valence-corrected chi connectivity index (χ4v) is 2.45. The van der Waals surface area contributed by atoms with Crippen molar-refractivity contribution in [1.82, 2.24) is 15.6 Å². The first-order valence-electron chi connectivity index (χ1n) is 8.73. The predicted octanol–water partition coefficient (Wildman–Crippen LogP) is 1.38. The molecule has 9 heteroatoms. The van der Waals surface area contributed by atoms with E-state index in [1.54, 1.807) is 42.5 Å². The Balaban J connectivity index is 1.47. The van der Waals surface area contributed by atoms with Gasteiger partial charge in [0, 0.05) is 30.5 Å². The average Bonchev–Trinajstić information content (AvgIpc) is 3.27. The van der Waals surface area contributed by atoms with Crippen LogP contribution in [0.25, 0.3) is 0 Å². The first kappa shape index (κ1) is 19.6. The first-order chi connectivity index (χ1) is 14.0. The number of H-pyrrole nitrogens is 1. The minimum atomic E-state index is -0.545. The first-order valence-corrected chi connectivity index (χ1v) is 8.73. The van der Waals surface area contributed by atoms with Crippen LogP contribution < -0.4 is 21.5 Å². The topological polar surface area (TPSA) is 133 Å². The highest BCUT2D eigenvalue weighted by atomic mass is 16.3. The van der Waals surface area contributed by atoms with Gasteiger partial charge in [-0.2, -0.15) is 0 Å². The van der Waals surface area contributed by atoms with E-state index in [0.717, 1.165) is 0 Å². The Morgan fingerprint density at radius 2 is 1.59 bits per heavy atom. The van der Waals surface area contributed by atoms with Gasteiger partial charge >= 0.3 is 0 Å². The van der Waals surface area contributed by atoms with Crippen molar-refractivity contribution in [2.75, 3.05) is 18.4 Å². The third-order valence-electron chi connectivity index (χ3n) is 3.91. The monoisotopic (exact) mass is 394 g/mol. The summed E-state index contributed by atoms with van der Waals surface area (Å²) in [7, 11) is 0. The zero-order chi connectivity index (χ0) is 20.6. The van der Waals surface area contributed by atoms with E-state index >= 15 is 0 Å². The maximum atomic E-state index is 12.1. The van der Waals surface area contributed by atoms with Gasteiger partial charge in [0.1, 0.15) is 5.56 Å². The number of carbonyl (C=O) groups excluding carboxylic acids is 3. The third kappa shape index (κ3) is 5.19. The van der Waals surface area contributed by atoms with Crippen LogP contribution in [0, 0.1) is 0 Å². The molecule has 0 bridgehead atoms. The Kier molecular flexibility index (Phi) is 6.21. The van der Waals surface area contributed by atoms with Crippen LogP contribution in [-0.2, 0) is 0 Å². The fourth-order valence-electron chi connectivity index (χ4n) is 2.45. The van der Waals surface area contributed by atoms with Gasteiger partial charge in [0.2, 0.25) is 0 Å². The van der Waals surface area contributed by atoms with Crippen LogP contribution in [0.3, 0.4) is 0 Å².